The molecule has 95 heavy (non-hydrogen) atoms. The molecule has 0 aromatic carbocycles. The lowest BCUT2D eigenvalue weighted by Crippen LogP contribution is -2.45. The predicted molar refractivity (Wildman–Crippen MR) is 421 cm³/mol. The highest BCUT2D eigenvalue weighted by Crippen LogP contribution is 2.21. The van der Waals surface area contributed by atoms with Crippen molar-refractivity contribution in [2.45, 2.75) is 533 Å². The first-order valence-electron chi connectivity index (χ1n) is 44.5. The Morgan fingerprint density at radius 3 is 0.716 bits per heavy atom. The van der Waals surface area contributed by atoms with E-state index in [-0.39, 0.29) is 18.5 Å². The molecule has 2 atom stereocenters. The fraction of sp³-hybridized carbons (Fsp3) is 0.955. The molecule has 0 aliphatic carbocycles. The second kappa shape index (κ2) is 85.0. The summed E-state index contributed by atoms with van der Waals surface area (Å²) in [5, 5.41) is 23.4. The highest BCUT2D eigenvalue weighted by atomic mass is 16.5. The number of rotatable bonds is 85. The van der Waals surface area contributed by atoms with Crippen LogP contribution in [-0.2, 0) is 14.3 Å². The fourth-order valence-corrected chi connectivity index (χ4v) is 14.6. The topological polar surface area (TPSA) is 95.9 Å². The molecule has 0 aromatic heterocycles. The van der Waals surface area contributed by atoms with Crippen molar-refractivity contribution in [3.05, 3.63) is 12.2 Å². The minimum atomic E-state index is -0.842. The summed E-state index contributed by atoms with van der Waals surface area (Å²) in [6, 6.07) is -0.625. The van der Waals surface area contributed by atoms with Crippen LogP contribution in [0.4, 0.5) is 0 Å². The van der Waals surface area contributed by atoms with E-state index in [0.29, 0.717) is 19.4 Å². The second-order valence-electron chi connectivity index (χ2n) is 30.9. The van der Waals surface area contributed by atoms with E-state index in [1.54, 1.807) is 6.08 Å². The van der Waals surface area contributed by atoms with Crippen molar-refractivity contribution < 1.29 is 24.5 Å². The fourth-order valence-electron chi connectivity index (χ4n) is 14.6. The third kappa shape index (κ3) is 81.5. The van der Waals surface area contributed by atoms with Crippen LogP contribution in [-0.4, -0.2) is 47.4 Å². The standard InChI is InChI=1S/C89H175NO5/c1-3-5-7-9-11-13-15-17-19-21-22-23-24-38-41-44-47-50-53-57-61-65-69-73-77-81-87(92)86(85-91)90-88(93)82-78-74-70-66-62-58-54-51-48-45-42-39-36-34-32-30-28-26-25-27-29-31-33-35-37-40-43-46-49-52-56-60-64-68-72-76-80-84-95-89(94)83-79-75-71-67-63-59-55-20-18-16-14-12-10-8-6-4-2/h77,81,86-87,91-92H,3-76,78-80,82-85H2,1-2H3,(H,90,93)/b81-77+. The van der Waals surface area contributed by atoms with Gasteiger partial charge in [-0.25, -0.2) is 0 Å². The maximum Gasteiger partial charge on any atom is 0.305 e. The van der Waals surface area contributed by atoms with Gasteiger partial charge >= 0.3 is 5.97 Å². The molecule has 1 amide bonds. The first-order valence-corrected chi connectivity index (χ1v) is 44.5. The smallest absolute Gasteiger partial charge is 0.305 e. The van der Waals surface area contributed by atoms with Crippen LogP contribution in [0.3, 0.4) is 0 Å². The molecule has 0 rings (SSSR count). The number of hydrogen-bond donors (Lipinski definition) is 3. The first kappa shape index (κ1) is 93.6. The number of hydrogen-bond acceptors (Lipinski definition) is 5. The van der Waals surface area contributed by atoms with Gasteiger partial charge in [-0.3, -0.25) is 9.59 Å². The Morgan fingerprint density at radius 2 is 0.484 bits per heavy atom. The summed E-state index contributed by atoms with van der Waals surface area (Å²) in [6.07, 6.45) is 110. The minimum absolute atomic E-state index is 0.0282. The van der Waals surface area contributed by atoms with E-state index in [9.17, 15) is 19.8 Å². The summed E-state index contributed by atoms with van der Waals surface area (Å²) in [7, 11) is 0. The quantitative estimate of drug-likeness (QED) is 0.0320. The number of aliphatic hydroxyl groups is 2. The van der Waals surface area contributed by atoms with E-state index in [0.717, 1.165) is 38.5 Å². The largest absolute Gasteiger partial charge is 0.466 e. The van der Waals surface area contributed by atoms with Gasteiger partial charge in [0.25, 0.3) is 0 Å². The van der Waals surface area contributed by atoms with Gasteiger partial charge in [0.1, 0.15) is 0 Å². The zero-order valence-corrected chi connectivity index (χ0v) is 65.2. The number of allylic oxidation sites excluding steroid dienone is 1. The molecule has 6 heteroatoms. The van der Waals surface area contributed by atoms with Crippen LogP contribution in [0.25, 0.3) is 0 Å². The molecule has 3 N–H and O–H groups in total. The Hall–Kier alpha value is -1.40. The van der Waals surface area contributed by atoms with Gasteiger partial charge in [0.05, 0.1) is 25.4 Å². The molecule has 566 valence electrons. The third-order valence-electron chi connectivity index (χ3n) is 21.3. The molecular formula is C89H175NO5. The number of aliphatic hydroxyl groups excluding tert-OH is 2. The van der Waals surface area contributed by atoms with Crippen molar-refractivity contribution in [2.24, 2.45) is 0 Å². The van der Waals surface area contributed by atoms with Crippen LogP contribution in [0.1, 0.15) is 521 Å². The molecule has 0 aliphatic rings. The van der Waals surface area contributed by atoms with E-state index in [1.807, 2.05) is 6.08 Å². The SMILES string of the molecule is CCCCCCCCCCCCCCCCCCCCCCCCC/C=C/C(O)C(CO)NC(=O)CCCCCCCCCCCCCCCCCCCCCCCCCCCCCCCCCCCCCCCOC(=O)CCCCCCCCCCCCCCCCCC. The molecule has 0 saturated carbocycles. The normalized spacial score (nSPS) is 12.4. The van der Waals surface area contributed by atoms with Crippen molar-refractivity contribution in [2.75, 3.05) is 13.2 Å². The Kier molecular flexibility index (Phi) is 83.8. The van der Waals surface area contributed by atoms with E-state index >= 15 is 0 Å². The molecule has 0 radical (unpaired) electrons. The summed E-state index contributed by atoms with van der Waals surface area (Å²) in [5.41, 5.74) is 0. The number of esters is 1. The van der Waals surface area contributed by atoms with Crippen LogP contribution in [0, 0.1) is 0 Å². The van der Waals surface area contributed by atoms with Crippen LogP contribution < -0.4 is 5.32 Å². The Balaban J connectivity index is 3.32. The molecule has 0 aromatic rings. The van der Waals surface area contributed by atoms with Crippen molar-refractivity contribution in [1.82, 2.24) is 5.32 Å². The van der Waals surface area contributed by atoms with Crippen molar-refractivity contribution in [3.63, 3.8) is 0 Å². The van der Waals surface area contributed by atoms with E-state index in [1.165, 1.54) is 456 Å². The zero-order chi connectivity index (χ0) is 68.4. The van der Waals surface area contributed by atoms with Crippen molar-refractivity contribution >= 4 is 11.9 Å². The first-order chi connectivity index (χ1) is 47.0. The Morgan fingerprint density at radius 1 is 0.284 bits per heavy atom. The lowest BCUT2D eigenvalue weighted by molar-refractivity contribution is -0.143. The molecule has 0 heterocycles. The molecule has 0 bridgehead atoms. The van der Waals surface area contributed by atoms with Crippen molar-refractivity contribution in [1.29, 1.82) is 0 Å². The van der Waals surface area contributed by atoms with Gasteiger partial charge in [0.2, 0.25) is 5.91 Å². The highest BCUT2D eigenvalue weighted by molar-refractivity contribution is 5.76. The lowest BCUT2D eigenvalue weighted by atomic mass is 10.0. The monoisotopic (exact) mass is 1340 g/mol. The zero-order valence-electron chi connectivity index (χ0n) is 65.2. The Labute approximate surface area is 597 Å². The van der Waals surface area contributed by atoms with Gasteiger partial charge in [0, 0.05) is 12.8 Å². The van der Waals surface area contributed by atoms with Crippen molar-refractivity contribution in [3.8, 4) is 0 Å². The van der Waals surface area contributed by atoms with E-state index in [2.05, 4.69) is 19.2 Å². The minimum Gasteiger partial charge on any atom is -0.466 e. The molecule has 2 unspecified atom stereocenters. The van der Waals surface area contributed by atoms with Gasteiger partial charge < -0.3 is 20.3 Å². The molecule has 6 nitrogen and oxygen atoms in total. The third-order valence-corrected chi connectivity index (χ3v) is 21.3. The van der Waals surface area contributed by atoms with Gasteiger partial charge in [-0.15, -0.1) is 0 Å². The van der Waals surface area contributed by atoms with Gasteiger partial charge in [0.15, 0.2) is 0 Å². The molecular weight excluding hydrogens is 1160 g/mol. The number of nitrogens with one attached hydrogen (secondary N) is 1. The number of carbonyl (C=O) groups excluding carboxylic acids is 2. The van der Waals surface area contributed by atoms with E-state index in [4.69, 9.17) is 4.74 Å². The molecule has 0 fully saturated rings. The number of carbonyl (C=O) groups is 2. The van der Waals surface area contributed by atoms with Gasteiger partial charge in [-0.1, -0.05) is 488 Å². The van der Waals surface area contributed by atoms with Crippen LogP contribution in [0.5, 0.6) is 0 Å². The number of unbranched alkanes of at least 4 members (excludes halogenated alkanes) is 74. The predicted octanol–water partition coefficient (Wildman–Crippen LogP) is 29.8. The number of amides is 1. The summed E-state index contributed by atoms with van der Waals surface area (Å²) in [4.78, 5) is 24.7. The van der Waals surface area contributed by atoms with Gasteiger partial charge in [-0.2, -0.15) is 0 Å². The summed E-state index contributed by atoms with van der Waals surface area (Å²) in [5.74, 6) is -0.0276. The molecule has 0 aliphatic heterocycles. The molecule has 0 spiro atoms. The van der Waals surface area contributed by atoms with Crippen LogP contribution in [0.2, 0.25) is 0 Å². The van der Waals surface area contributed by atoms with E-state index < -0.39 is 12.1 Å². The summed E-state index contributed by atoms with van der Waals surface area (Å²) in [6.45, 7) is 4.98. The number of ether oxygens (including phenoxy) is 1. The Bertz CT molecular complexity index is 1450. The lowest BCUT2D eigenvalue weighted by Gasteiger charge is -2.20. The average molecular weight is 1340 g/mol. The average Bonchev–Trinajstić information content (AvgIpc) is 2.26. The van der Waals surface area contributed by atoms with Gasteiger partial charge in [-0.05, 0) is 32.1 Å². The maximum atomic E-state index is 12.6. The second-order valence-corrected chi connectivity index (χ2v) is 30.9. The summed E-state index contributed by atoms with van der Waals surface area (Å²) < 4.78 is 5.52. The maximum absolute atomic E-state index is 12.6. The van der Waals surface area contributed by atoms with Crippen LogP contribution >= 0.6 is 0 Å². The highest BCUT2D eigenvalue weighted by Gasteiger charge is 2.18. The van der Waals surface area contributed by atoms with Crippen LogP contribution in [0.15, 0.2) is 12.2 Å². The summed E-state index contributed by atoms with van der Waals surface area (Å²) >= 11 is 0. The molecule has 0 saturated heterocycles.